The summed E-state index contributed by atoms with van der Waals surface area (Å²) in [5, 5.41) is 0. The molecule has 0 spiro atoms. The van der Waals surface area contributed by atoms with Gasteiger partial charge in [0.25, 0.3) is 0 Å². The number of rotatable bonds is 3. The second-order valence-electron chi connectivity index (χ2n) is 3.76. The zero-order valence-electron chi connectivity index (χ0n) is 8.35. The number of aromatic nitrogens is 1. The van der Waals surface area contributed by atoms with E-state index in [0.717, 1.165) is 0 Å². The summed E-state index contributed by atoms with van der Waals surface area (Å²) in [5.41, 5.74) is 5.83. The number of nitrogens with two attached hydrogens (primary N) is 1. The molecule has 1 fully saturated rings. The Labute approximate surface area is 89.1 Å². The monoisotopic (exact) mass is 211 g/mol. The quantitative estimate of drug-likeness (QED) is 0.826. The summed E-state index contributed by atoms with van der Waals surface area (Å²) in [6.45, 7) is 3.10. The minimum Gasteiger partial charge on any atom is -0.329 e. The molecule has 2 rings (SSSR count). The van der Waals surface area contributed by atoms with Gasteiger partial charge in [0.2, 0.25) is 0 Å². The molecule has 1 unspecified atom stereocenters. The Morgan fingerprint density at radius 3 is 2.79 bits per heavy atom. The molecule has 0 amide bonds. The van der Waals surface area contributed by atoms with Crippen molar-refractivity contribution < 1.29 is 0 Å². The SMILES string of the molecule is NCC(c1ccns1)N1CCCCC1. The van der Waals surface area contributed by atoms with E-state index in [4.69, 9.17) is 5.73 Å². The van der Waals surface area contributed by atoms with Gasteiger partial charge in [0, 0.05) is 17.6 Å². The van der Waals surface area contributed by atoms with Crippen molar-refractivity contribution in [3.63, 3.8) is 0 Å². The van der Waals surface area contributed by atoms with Gasteiger partial charge in [0.1, 0.15) is 0 Å². The highest BCUT2D eigenvalue weighted by Gasteiger charge is 2.21. The van der Waals surface area contributed by atoms with Gasteiger partial charge in [-0.05, 0) is 43.5 Å². The van der Waals surface area contributed by atoms with Gasteiger partial charge in [-0.3, -0.25) is 4.90 Å². The molecule has 0 aliphatic carbocycles. The Bertz CT molecular complexity index is 254. The number of nitrogens with zero attached hydrogens (tertiary/aromatic N) is 2. The van der Waals surface area contributed by atoms with Crippen molar-refractivity contribution in [3.05, 3.63) is 17.1 Å². The molecule has 0 radical (unpaired) electrons. The lowest BCUT2D eigenvalue weighted by Gasteiger charge is -2.32. The van der Waals surface area contributed by atoms with Crippen LogP contribution in [-0.2, 0) is 0 Å². The molecule has 1 aromatic heterocycles. The van der Waals surface area contributed by atoms with Crippen LogP contribution in [0.4, 0.5) is 0 Å². The number of likely N-dealkylation sites (tertiary alicyclic amines) is 1. The van der Waals surface area contributed by atoms with Gasteiger partial charge in [-0.2, -0.15) is 0 Å². The molecule has 2 N–H and O–H groups in total. The third-order valence-corrected chi connectivity index (χ3v) is 3.69. The molecule has 0 bridgehead atoms. The fourth-order valence-corrected chi connectivity index (χ4v) is 2.80. The molecule has 0 aromatic carbocycles. The van der Waals surface area contributed by atoms with Crippen LogP contribution in [0.5, 0.6) is 0 Å². The maximum Gasteiger partial charge on any atom is 0.0580 e. The van der Waals surface area contributed by atoms with Crippen LogP contribution in [0.15, 0.2) is 12.3 Å². The number of hydrogen-bond donors (Lipinski definition) is 1. The van der Waals surface area contributed by atoms with E-state index in [1.807, 2.05) is 6.20 Å². The molecule has 0 saturated carbocycles. The predicted octanol–water partition coefficient (Wildman–Crippen LogP) is 1.63. The molecule has 1 aromatic rings. The molecule has 3 nitrogen and oxygen atoms in total. The first-order valence-electron chi connectivity index (χ1n) is 5.26. The van der Waals surface area contributed by atoms with Gasteiger partial charge in [0.15, 0.2) is 0 Å². The average molecular weight is 211 g/mol. The van der Waals surface area contributed by atoms with E-state index in [2.05, 4.69) is 15.3 Å². The summed E-state index contributed by atoms with van der Waals surface area (Å²) in [6.07, 6.45) is 5.87. The minimum absolute atomic E-state index is 0.405. The average Bonchev–Trinajstić information content (AvgIpc) is 2.74. The molecule has 1 aliphatic rings. The van der Waals surface area contributed by atoms with Gasteiger partial charge < -0.3 is 5.73 Å². The zero-order chi connectivity index (χ0) is 9.80. The van der Waals surface area contributed by atoms with E-state index in [9.17, 15) is 0 Å². The Hall–Kier alpha value is -0.450. The van der Waals surface area contributed by atoms with Crippen LogP contribution in [-0.4, -0.2) is 28.9 Å². The van der Waals surface area contributed by atoms with Crippen molar-refractivity contribution in [2.24, 2.45) is 5.73 Å². The van der Waals surface area contributed by atoms with E-state index in [0.29, 0.717) is 12.6 Å². The van der Waals surface area contributed by atoms with Gasteiger partial charge in [-0.25, -0.2) is 4.37 Å². The van der Waals surface area contributed by atoms with E-state index >= 15 is 0 Å². The lowest BCUT2D eigenvalue weighted by atomic mass is 10.1. The Morgan fingerprint density at radius 1 is 1.43 bits per heavy atom. The Morgan fingerprint density at radius 2 is 2.21 bits per heavy atom. The van der Waals surface area contributed by atoms with Crippen LogP contribution in [0.1, 0.15) is 30.2 Å². The van der Waals surface area contributed by atoms with Gasteiger partial charge >= 0.3 is 0 Å². The summed E-state index contributed by atoms with van der Waals surface area (Å²) in [5.74, 6) is 0. The van der Waals surface area contributed by atoms with Crippen molar-refractivity contribution in [1.82, 2.24) is 9.27 Å². The molecule has 78 valence electrons. The van der Waals surface area contributed by atoms with Gasteiger partial charge in [0.05, 0.1) is 6.04 Å². The van der Waals surface area contributed by atoms with E-state index in [1.54, 1.807) is 11.5 Å². The van der Waals surface area contributed by atoms with Gasteiger partial charge in [-0.1, -0.05) is 6.42 Å². The predicted molar refractivity (Wildman–Crippen MR) is 59.3 cm³/mol. The van der Waals surface area contributed by atoms with Gasteiger partial charge in [-0.15, -0.1) is 0 Å². The zero-order valence-corrected chi connectivity index (χ0v) is 9.17. The summed E-state index contributed by atoms with van der Waals surface area (Å²) in [7, 11) is 0. The summed E-state index contributed by atoms with van der Waals surface area (Å²) in [4.78, 5) is 3.81. The smallest absolute Gasteiger partial charge is 0.0580 e. The minimum atomic E-state index is 0.405. The Balaban J connectivity index is 2.04. The van der Waals surface area contributed by atoms with E-state index in [-0.39, 0.29) is 0 Å². The first kappa shape index (κ1) is 10.1. The molecule has 1 aliphatic heterocycles. The third-order valence-electron chi connectivity index (χ3n) is 2.84. The molecular formula is C10H17N3S. The lowest BCUT2D eigenvalue weighted by molar-refractivity contribution is 0.170. The van der Waals surface area contributed by atoms with Crippen molar-refractivity contribution >= 4 is 11.5 Å². The van der Waals surface area contributed by atoms with Crippen molar-refractivity contribution in [1.29, 1.82) is 0 Å². The van der Waals surface area contributed by atoms with Crippen LogP contribution >= 0.6 is 11.5 Å². The molecular weight excluding hydrogens is 194 g/mol. The maximum atomic E-state index is 5.83. The van der Waals surface area contributed by atoms with Crippen molar-refractivity contribution in [3.8, 4) is 0 Å². The summed E-state index contributed by atoms with van der Waals surface area (Å²) >= 11 is 1.58. The highest BCUT2D eigenvalue weighted by molar-refractivity contribution is 7.05. The molecule has 4 heteroatoms. The third kappa shape index (κ3) is 2.13. The lowest BCUT2D eigenvalue weighted by Crippen LogP contribution is -2.37. The van der Waals surface area contributed by atoms with E-state index in [1.165, 1.54) is 37.2 Å². The second-order valence-corrected chi connectivity index (χ2v) is 4.63. The first-order chi connectivity index (χ1) is 6.92. The largest absolute Gasteiger partial charge is 0.329 e. The van der Waals surface area contributed by atoms with Crippen molar-refractivity contribution in [2.45, 2.75) is 25.3 Å². The summed E-state index contributed by atoms with van der Waals surface area (Å²) in [6, 6.07) is 2.50. The number of hydrogen-bond acceptors (Lipinski definition) is 4. The van der Waals surface area contributed by atoms with Crippen LogP contribution in [0.3, 0.4) is 0 Å². The van der Waals surface area contributed by atoms with E-state index < -0.39 is 0 Å². The molecule has 1 saturated heterocycles. The number of piperidine rings is 1. The highest BCUT2D eigenvalue weighted by Crippen LogP contribution is 2.25. The molecule has 1 atom stereocenters. The maximum absolute atomic E-state index is 5.83. The highest BCUT2D eigenvalue weighted by atomic mass is 32.1. The normalized spacial score (nSPS) is 20.9. The molecule has 14 heavy (non-hydrogen) atoms. The standard InChI is InChI=1S/C10H17N3S/c11-8-9(10-4-5-12-14-10)13-6-2-1-3-7-13/h4-5,9H,1-3,6-8,11H2. The van der Waals surface area contributed by atoms with Crippen LogP contribution in [0, 0.1) is 0 Å². The van der Waals surface area contributed by atoms with Crippen LogP contribution < -0.4 is 5.73 Å². The van der Waals surface area contributed by atoms with Crippen LogP contribution in [0.25, 0.3) is 0 Å². The Kier molecular flexibility index (Phi) is 3.50. The fraction of sp³-hybridized carbons (Fsp3) is 0.700. The first-order valence-corrected chi connectivity index (χ1v) is 6.04. The molecule has 2 heterocycles. The van der Waals surface area contributed by atoms with Crippen molar-refractivity contribution in [2.75, 3.05) is 19.6 Å². The fourth-order valence-electron chi connectivity index (χ4n) is 2.07. The van der Waals surface area contributed by atoms with Crippen LogP contribution in [0.2, 0.25) is 0 Å². The summed E-state index contributed by atoms with van der Waals surface area (Å²) < 4.78 is 4.15. The second kappa shape index (κ2) is 4.87. The topological polar surface area (TPSA) is 42.1 Å².